The SMILES string of the molecule is CN1CCN(NC(=O)C=CC(=O)O)CC1. The number of piperazine rings is 1. The predicted molar refractivity (Wildman–Crippen MR) is 54.0 cm³/mol. The van der Waals surface area contributed by atoms with Crippen LogP contribution in [0.4, 0.5) is 0 Å². The lowest BCUT2D eigenvalue weighted by atomic mass is 10.4. The third kappa shape index (κ3) is 4.57. The van der Waals surface area contributed by atoms with Gasteiger partial charge in [0.15, 0.2) is 0 Å². The summed E-state index contributed by atoms with van der Waals surface area (Å²) in [7, 11) is 2.02. The first kappa shape index (κ1) is 11.7. The van der Waals surface area contributed by atoms with E-state index >= 15 is 0 Å². The van der Waals surface area contributed by atoms with Gasteiger partial charge in [-0.1, -0.05) is 0 Å². The van der Waals surface area contributed by atoms with Crippen LogP contribution < -0.4 is 5.43 Å². The van der Waals surface area contributed by atoms with E-state index in [1.165, 1.54) is 0 Å². The van der Waals surface area contributed by atoms with E-state index in [0.717, 1.165) is 38.3 Å². The van der Waals surface area contributed by atoms with Gasteiger partial charge in [0.05, 0.1) is 0 Å². The monoisotopic (exact) mass is 213 g/mol. The predicted octanol–water partition coefficient (Wildman–Crippen LogP) is -1.09. The lowest BCUT2D eigenvalue weighted by Gasteiger charge is -2.31. The van der Waals surface area contributed by atoms with Crippen LogP contribution in [0.5, 0.6) is 0 Å². The number of rotatable bonds is 3. The quantitative estimate of drug-likeness (QED) is 0.583. The van der Waals surface area contributed by atoms with Crippen LogP contribution >= 0.6 is 0 Å². The Morgan fingerprint density at radius 1 is 1.20 bits per heavy atom. The van der Waals surface area contributed by atoms with Crippen molar-refractivity contribution in [2.24, 2.45) is 0 Å². The molecule has 6 nitrogen and oxygen atoms in total. The maximum atomic E-state index is 11.2. The molecule has 2 N–H and O–H groups in total. The molecule has 0 aromatic heterocycles. The molecule has 15 heavy (non-hydrogen) atoms. The second-order valence-electron chi connectivity index (χ2n) is 3.44. The van der Waals surface area contributed by atoms with Crippen molar-refractivity contribution in [3.05, 3.63) is 12.2 Å². The number of aliphatic carboxylic acids is 1. The number of likely N-dealkylation sites (N-methyl/N-ethyl adjacent to an activating group) is 1. The van der Waals surface area contributed by atoms with Gasteiger partial charge < -0.3 is 10.0 Å². The minimum atomic E-state index is -1.12. The van der Waals surface area contributed by atoms with Crippen molar-refractivity contribution < 1.29 is 14.7 Å². The molecular weight excluding hydrogens is 198 g/mol. The molecule has 0 aromatic rings. The third-order valence-electron chi connectivity index (χ3n) is 2.15. The molecule has 1 fully saturated rings. The fourth-order valence-electron chi connectivity index (χ4n) is 1.26. The van der Waals surface area contributed by atoms with Crippen LogP contribution in [0.3, 0.4) is 0 Å². The zero-order valence-corrected chi connectivity index (χ0v) is 8.64. The zero-order valence-electron chi connectivity index (χ0n) is 8.64. The second kappa shape index (κ2) is 5.47. The summed E-state index contributed by atoms with van der Waals surface area (Å²) >= 11 is 0. The first-order chi connectivity index (χ1) is 7.08. The van der Waals surface area contributed by atoms with Gasteiger partial charge in [-0.2, -0.15) is 0 Å². The molecule has 1 saturated heterocycles. The molecule has 0 aliphatic carbocycles. The highest BCUT2D eigenvalue weighted by Crippen LogP contribution is 1.95. The average Bonchev–Trinajstić information content (AvgIpc) is 2.19. The first-order valence-corrected chi connectivity index (χ1v) is 4.73. The van der Waals surface area contributed by atoms with Crippen molar-refractivity contribution in [2.75, 3.05) is 33.2 Å². The smallest absolute Gasteiger partial charge is 0.328 e. The summed E-state index contributed by atoms with van der Waals surface area (Å²) in [6, 6.07) is 0. The average molecular weight is 213 g/mol. The van der Waals surface area contributed by atoms with Crippen LogP contribution in [0.2, 0.25) is 0 Å². The van der Waals surface area contributed by atoms with Crippen molar-refractivity contribution in [1.82, 2.24) is 15.3 Å². The van der Waals surface area contributed by atoms with Crippen LogP contribution in [0.15, 0.2) is 12.2 Å². The maximum absolute atomic E-state index is 11.2. The highest BCUT2D eigenvalue weighted by Gasteiger charge is 2.14. The number of hydrogen-bond acceptors (Lipinski definition) is 4. The molecule has 0 saturated carbocycles. The van der Waals surface area contributed by atoms with Crippen LogP contribution in [0.25, 0.3) is 0 Å². The van der Waals surface area contributed by atoms with Gasteiger partial charge in [0.1, 0.15) is 0 Å². The summed E-state index contributed by atoms with van der Waals surface area (Å²) in [4.78, 5) is 23.5. The number of amides is 1. The van der Waals surface area contributed by atoms with E-state index in [4.69, 9.17) is 5.11 Å². The number of nitrogens with zero attached hydrogens (tertiary/aromatic N) is 2. The molecule has 1 aliphatic heterocycles. The van der Waals surface area contributed by atoms with Gasteiger partial charge in [-0.3, -0.25) is 10.2 Å². The molecule has 0 radical (unpaired) electrons. The lowest BCUT2D eigenvalue weighted by molar-refractivity contribution is -0.132. The van der Waals surface area contributed by atoms with Crippen molar-refractivity contribution >= 4 is 11.9 Å². The van der Waals surface area contributed by atoms with Crippen LogP contribution in [0, 0.1) is 0 Å². The molecule has 0 spiro atoms. The van der Waals surface area contributed by atoms with Gasteiger partial charge in [0, 0.05) is 38.3 Å². The Balaban J connectivity index is 2.29. The Kier molecular flexibility index (Phi) is 4.26. The van der Waals surface area contributed by atoms with E-state index in [1.54, 1.807) is 5.01 Å². The molecule has 0 unspecified atom stereocenters. The highest BCUT2D eigenvalue weighted by molar-refractivity contribution is 5.93. The molecule has 0 aromatic carbocycles. The maximum Gasteiger partial charge on any atom is 0.328 e. The molecule has 1 aliphatic rings. The van der Waals surface area contributed by atoms with E-state index in [0.29, 0.717) is 0 Å². The van der Waals surface area contributed by atoms with Gasteiger partial charge in [0.2, 0.25) is 0 Å². The summed E-state index contributed by atoms with van der Waals surface area (Å²) in [5, 5.41) is 10.1. The lowest BCUT2D eigenvalue weighted by Crippen LogP contribution is -2.52. The summed E-state index contributed by atoms with van der Waals surface area (Å²) in [6.45, 7) is 3.29. The molecule has 1 heterocycles. The Hall–Kier alpha value is -1.40. The summed E-state index contributed by atoms with van der Waals surface area (Å²) in [5.41, 5.74) is 2.61. The normalized spacial score (nSPS) is 19.3. The van der Waals surface area contributed by atoms with E-state index in [-0.39, 0.29) is 0 Å². The molecule has 0 bridgehead atoms. The Morgan fingerprint density at radius 2 is 1.80 bits per heavy atom. The molecule has 0 atom stereocenters. The largest absolute Gasteiger partial charge is 0.478 e. The number of carboxylic acid groups (broad SMARTS) is 1. The molecule has 1 rings (SSSR count). The number of carbonyl (C=O) groups is 2. The summed E-state index contributed by atoms with van der Waals surface area (Å²) in [5.74, 6) is -1.52. The van der Waals surface area contributed by atoms with Crippen molar-refractivity contribution in [3.8, 4) is 0 Å². The number of carbonyl (C=O) groups excluding carboxylic acids is 1. The summed E-state index contributed by atoms with van der Waals surface area (Å²) < 4.78 is 0. The van der Waals surface area contributed by atoms with Gasteiger partial charge >= 0.3 is 5.97 Å². The standard InChI is InChI=1S/C9H15N3O3/c1-11-4-6-12(7-5-11)10-8(13)2-3-9(14)15/h2-3H,4-7H2,1H3,(H,10,13)(H,14,15). The van der Waals surface area contributed by atoms with Gasteiger partial charge in [0.25, 0.3) is 5.91 Å². The van der Waals surface area contributed by atoms with E-state index < -0.39 is 11.9 Å². The fourth-order valence-corrected chi connectivity index (χ4v) is 1.26. The van der Waals surface area contributed by atoms with Gasteiger partial charge in [-0.15, -0.1) is 0 Å². The molecule has 84 valence electrons. The first-order valence-electron chi connectivity index (χ1n) is 4.73. The van der Waals surface area contributed by atoms with E-state index in [2.05, 4.69) is 10.3 Å². The van der Waals surface area contributed by atoms with Gasteiger partial charge in [-0.25, -0.2) is 9.80 Å². The van der Waals surface area contributed by atoms with Crippen LogP contribution in [-0.4, -0.2) is 60.1 Å². The Labute approximate surface area is 88.1 Å². The van der Waals surface area contributed by atoms with Crippen molar-refractivity contribution in [3.63, 3.8) is 0 Å². The van der Waals surface area contributed by atoms with Crippen LogP contribution in [0.1, 0.15) is 0 Å². The topological polar surface area (TPSA) is 72.9 Å². The highest BCUT2D eigenvalue weighted by atomic mass is 16.4. The fraction of sp³-hybridized carbons (Fsp3) is 0.556. The third-order valence-corrected chi connectivity index (χ3v) is 2.15. The Bertz CT molecular complexity index is 270. The van der Waals surface area contributed by atoms with E-state index in [1.807, 2.05) is 7.05 Å². The zero-order chi connectivity index (χ0) is 11.3. The number of nitrogens with one attached hydrogen (secondary N) is 1. The number of carboxylic acids is 1. The number of hydrogen-bond donors (Lipinski definition) is 2. The van der Waals surface area contributed by atoms with Crippen molar-refractivity contribution in [1.29, 1.82) is 0 Å². The molecular formula is C9H15N3O3. The van der Waals surface area contributed by atoms with E-state index in [9.17, 15) is 9.59 Å². The van der Waals surface area contributed by atoms with Crippen LogP contribution in [-0.2, 0) is 9.59 Å². The van der Waals surface area contributed by atoms with Gasteiger partial charge in [-0.05, 0) is 7.05 Å². The minimum absolute atomic E-state index is 0.401. The summed E-state index contributed by atoms with van der Waals surface area (Å²) in [6.07, 6.45) is 1.84. The molecule has 6 heteroatoms. The molecule has 1 amide bonds. The minimum Gasteiger partial charge on any atom is -0.478 e. The second-order valence-corrected chi connectivity index (χ2v) is 3.44. The Morgan fingerprint density at radius 3 is 2.33 bits per heavy atom. The number of hydrazine groups is 1. The van der Waals surface area contributed by atoms with Crippen molar-refractivity contribution in [2.45, 2.75) is 0 Å².